The molecule has 1 aromatic carbocycles. The summed E-state index contributed by atoms with van der Waals surface area (Å²) in [5, 5.41) is 3.37. The average molecular weight is 322 g/mol. The Morgan fingerprint density at radius 2 is 1.82 bits per heavy atom. The summed E-state index contributed by atoms with van der Waals surface area (Å²) >= 11 is 0. The molecule has 122 valence electrons. The molecule has 3 rings (SSSR count). The molecule has 2 aliphatic heterocycles. The van der Waals surface area contributed by atoms with E-state index in [9.17, 15) is 8.42 Å². The van der Waals surface area contributed by atoms with Crippen molar-refractivity contribution in [3.05, 3.63) is 29.8 Å². The molecule has 0 aromatic heterocycles. The summed E-state index contributed by atoms with van der Waals surface area (Å²) in [6, 6.07) is 7.45. The third-order valence-electron chi connectivity index (χ3n) is 5.17. The van der Waals surface area contributed by atoms with Gasteiger partial charge in [-0.3, -0.25) is 0 Å². The first-order valence-electron chi connectivity index (χ1n) is 8.36. The number of piperidine rings is 1. The molecule has 1 spiro atoms. The summed E-state index contributed by atoms with van der Waals surface area (Å²) in [6.07, 6.45) is 5.26. The fourth-order valence-electron chi connectivity index (χ4n) is 3.73. The summed E-state index contributed by atoms with van der Waals surface area (Å²) in [6.45, 7) is 5.51. The summed E-state index contributed by atoms with van der Waals surface area (Å²) in [5.74, 6) is 0. The van der Waals surface area contributed by atoms with Crippen LogP contribution in [0.2, 0.25) is 0 Å². The normalized spacial score (nSPS) is 22.2. The van der Waals surface area contributed by atoms with Gasteiger partial charge < -0.3 is 5.32 Å². The van der Waals surface area contributed by atoms with Crippen molar-refractivity contribution in [1.82, 2.24) is 9.62 Å². The van der Waals surface area contributed by atoms with Gasteiger partial charge in [0.25, 0.3) is 0 Å². The smallest absolute Gasteiger partial charge is 0.243 e. The first-order chi connectivity index (χ1) is 10.6. The van der Waals surface area contributed by atoms with E-state index in [4.69, 9.17) is 0 Å². The van der Waals surface area contributed by atoms with Crippen molar-refractivity contribution < 1.29 is 8.42 Å². The van der Waals surface area contributed by atoms with Crippen molar-refractivity contribution in [1.29, 1.82) is 0 Å². The molecule has 2 fully saturated rings. The lowest BCUT2D eigenvalue weighted by Gasteiger charge is -2.33. The molecule has 0 amide bonds. The first-order valence-corrected chi connectivity index (χ1v) is 9.80. The van der Waals surface area contributed by atoms with Crippen LogP contribution in [0.4, 0.5) is 0 Å². The Hall–Kier alpha value is -0.910. The molecule has 0 radical (unpaired) electrons. The maximum Gasteiger partial charge on any atom is 0.243 e. The van der Waals surface area contributed by atoms with Crippen LogP contribution in [0.3, 0.4) is 0 Å². The van der Waals surface area contributed by atoms with Gasteiger partial charge >= 0.3 is 0 Å². The van der Waals surface area contributed by atoms with Gasteiger partial charge in [-0.1, -0.05) is 25.5 Å². The van der Waals surface area contributed by atoms with E-state index in [2.05, 4.69) is 12.2 Å². The molecule has 22 heavy (non-hydrogen) atoms. The summed E-state index contributed by atoms with van der Waals surface area (Å²) in [4.78, 5) is 0.443. The van der Waals surface area contributed by atoms with Crippen LogP contribution >= 0.6 is 0 Å². The second-order valence-corrected chi connectivity index (χ2v) is 8.67. The highest BCUT2D eigenvalue weighted by Crippen LogP contribution is 2.40. The highest BCUT2D eigenvalue weighted by Gasteiger charge is 2.43. The standard InChI is InChI=1S/C17H26N2O2S/c1-2-3-15-4-6-16(7-5-15)22(20,21)19-13-10-17(14-19)8-11-18-12-9-17/h4-7,18H,2-3,8-14H2,1H3. The molecule has 0 bridgehead atoms. The number of hydrogen-bond donors (Lipinski definition) is 1. The third-order valence-corrected chi connectivity index (χ3v) is 7.03. The van der Waals surface area contributed by atoms with E-state index in [1.165, 1.54) is 5.56 Å². The summed E-state index contributed by atoms with van der Waals surface area (Å²) < 4.78 is 27.4. The number of aryl methyl sites for hydroxylation is 1. The maximum atomic E-state index is 12.8. The molecule has 1 aromatic rings. The van der Waals surface area contributed by atoms with Crippen LogP contribution in [0.5, 0.6) is 0 Å². The predicted octanol–water partition coefficient (Wildman–Crippen LogP) is 2.40. The van der Waals surface area contributed by atoms with Gasteiger partial charge in [0.05, 0.1) is 4.90 Å². The number of hydrogen-bond acceptors (Lipinski definition) is 3. The fraction of sp³-hybridized carbons (Fsp3) is 0.647. The zero-order chi connectivity index (χ0) is 15.6. The van der Waals surface area contributed by atoms with E-state index in [1.54, 1.807) is 16.4 Å². The van der Waals surface area contributed by atoms with Crippen molar-refractivity contribution >= 4 is 10.0 Å². The average Bonchev–Trinajstić information content (AvgIpc) is 2.93. The minimum absolute atomic E-state index is 0.209. The number of rotatable bonds is 4. The molecule has 0 saturated carbocycles. The van der Waals surface area contributed by atoms with Gasteiger partial charge in [0.15, 0.2) is 0 Å². The lowest BCUT2D eigenvalue weighted by Crippen LogP contribution is -2.39. The highest BCUT2D eigenvalue weighted by molar-refractivity contribution is 7.89. The number of sulfonamides is 1. The maximum absolute atomic E-state index is 12.8. The van der Waals surface area contributed by atoms with Gasteiger partial charge in [0.2, 0.25) is 10.0 Å². The Labute approximate surface area is 134 Å². The van der Waals surface area contributed by atoms with Gasteiger partial charge in [-0.25, -0.2) is 8.42 Å². The van der Waals surface area contributed by atoms with Crippen LogP contribution in [0.15, 0.2) is 29.2 Å². The molecule has 0 unspecified atom stereocenters. The zero-order valence-corrected chi connectivity index (χ0v) is 14.2. The predicted molar refractivity (Wildman–Crippen MR) is 88.3 cm³/mol. The van der Waals surface area contributed by atoms with E-state index >= 15 is 0 Å². The van der Waals surface area contributed by atoms with E-state index in [1.807, 2.05) is 12.1 Å². The van der Waals surface area contributed by atoms with Crippen molar-refractivity contribution in [2.75, 3.05) is 26.2 Å². The van der Waals surface area contributed by atoms with Crippen LogP contribution in [0, 0.1) is 5.41 Å². The number of nitrogens with zero attached hydrogens (tertiary/aromatic N) is 1. The molecule has 0 aliphatic carbocycles. The topological polar surface area (TPSA) is 49.4 Å². The molecule has 2 saturated heterocycles. The lowest BCUT2D eigenvalue weighted by atomic mass is 9.78. The monoisotopic (exact) mass is 322 g/mol. The van der Waals surface area contributed by atoms with Gasteiger partial charge in [-0.05, 0) is 61.9 Å². The molecule has 0 atom stereocenters. The fourth-order valence-corrected chi connectivity index (χ4v) is 5.28. The lowest BCUT2D eigenvalue weighted by molar-refractivity contribution is 0.218. The van der Waals surface area contributed by atoms with Crippen molar-refractivity contribution in [3.63, 3.8) is 0 Å². The van der Waals surface area contributed by atoms with Gasteiger partial charge in [0.1, 0.15) is 0 Å². The van der Waals surface area contributed by atoms with Gasteiger partial charge in [-0.15, -0.1) is 0 Å². The quantitative estimate of drug-likeness (QED) is 0.926. The molecule has 4 nitrogen and oxygen atoms in total. The highest BCUT2D eigenvalue weighted by atomic mass is 32.2. The second kappa shape index (κ2) is 6.30. The summed E-state index contributed by atoms with van der Waals surface area (Å²) in [5.41, 5.74) is 1.42. The zero-order valence-electron chi connectivity index (χ0n) is 13.3. The Bertz CT molecular complexity index is 604. The van der Waals surface area contributed by atoms with Gasteiger partial charge in [0, 0.05) is 13.1 Å². The Morgan fingerprint density at radius 3 is 2.45 bits per heavy atom. The molecular weight excluding hydrogens is 296 g/mol. The minimum Gasteiger partial charge on any atom is -0.317 e. The van der Waals surface area contributed by atoms with Gasteiger partial charge in [-0.2, -0.15) is 4.31 Å². The Kier molecular flexibility index (Phi) is 4.57. The molecule has 2 aliphatic rings. The van der Waals surface area contributed by atoms with Crippen LogP contribution in [0.1, 0.15) is 38.2 Å². The SMILES string of the molecule is CCCc1ccc(S(=O)(=O)N2CCC3(CCNCC3)C2)cc1. The van der Waals surface area contributed by atoms with Crippen LogP contribution < -0.4 is 5.32 Å². The molecular formula is C17H26N2O2S. The van der Waals surface area contributed by atoms with E-state index in [0.717, 1.165) is 45.2 Å². The van der Waals surface area contributed by atoms with Crippen molar-refractivity contribution in [2.45, 2.75) is 43.9 Å². The molecule has 1 N–H and O–H groups in total. The molecule has 5 heteroatoms. The number of benzene rings is 1. The van der Waals surface area contributed by atoms with Crippen LogP contribution in [-0.2, 0) is 16.4 Å². The largest absolute Gasteiger partial charge is 0.317 e. The molecule has 2 heterocycles. The Balaban J connectivity index is 1.75. The van der Waals surface area contributed by atoms with Crippen LogP contribution in [0.25, 0.3) is 0 Å². The van der Waals surface area contributed by atoms with E-state index in [0.29, 0.717) is 18.0 Å². The second-order valence-electron chi connectivity index (χ2n) is 6.73. The van der Waals surface area contributed by atoms with E-state index in [-0.39, 0.29) is 5.41 Å². The minimum atomic E-state index is -3.33. The first kappa shape index (κ1) is 16.0. The van der Waals surface area contributed by atoms with Crippen molar-refractivity contribution in [3.8, 4) is 0 Å². The van der Waals surface area contributed by atoms with Crippen molar-refractivity contribution in [2.24, 2.45) is 5.41 Å². The van der Waals surface area contributed by atoms with Crippen LogP contribution in [-0.4, -0.2) is 38.9 Å². The van der Waals surface area contributed by atoms with E-state index < -0.39 is 10.0 Å². The number of nitrogens with one attached hydrogen (secondary N) is 1. The summed E-state index contributed by atoms with van der Waals surface area (Å²) in [7, 11) is -3.33. The third kappa shape index (κ3) is 3.07. The Morgan fingerprint density at radius 1 is 1.14 bits per heavy atom.